The number of thioether (sulfide) groups is 1. The molecule has 0 saturated carbocycles. The largest absolute Gasteiger partial charge is 0.345 e. The summed E-state index contributed by atoms with van der Waals surface area (Å²) in [4.78, 5) is 23.2. The van der Waals surface area contributed by atoms with Crippen LogP contribution < -0.4 is 4.90 Å². The van der Waals surface area contributed by atoms with Gasteiger partial charge in [0.1, 0.15) is 0 Å². The van der Waals surface area contributed by atoms with Crippen LogP contribution in [0.4, 0.5) is 5.13 Å². The fourth-order valence-corrected chi connectivity index (χ4v) is 5.62. The van der Waals surface area contributed by atoms with E-state index in [0.717, 1.165) is 48.8 Å². The molecule has 4 nitrogen and oxygen atoms in total. The molecule has 1 aromatic heterocycles. The van der Waals surface area contributed by atoms with E-state index in [0.29, 0.717) is 11.7 Å². The fourth-order valence-electron chi connectivity index (χ4n) is 3.70. The van der Waals surface area contributed by atoms with E-state index in [9.17, 15) is 4.79 Å². The van der Waals surface area contributed by atoms with Gasteiger partial charge in [0.2, 0.25) is 5.91 Å². The van der Waals surface area contributed by atoms with Crippen LogP contribution in [0.2, 0.25) is 0 Å². The summed E-state index contributed by atoms with van der Waals surface area (Å²) in [6.07, 6.45) is 1.52. The number of fused-ring (bicyclic) bond motifs is 1. The lowest BCUT2D eigenvalue weighted by atomic mass is 10.1. The summed E-state index contributed by atoms with van der Waals surface area (Å²) < 4.78 is 1.25. The standard InChI is InChI=1S/C24H29N3OS2/c1-4-18-7-10-21-22(15-18)30-24(25-21)27-13-11-26(12-14-27)23(28)16-19-5-8-20(9-6-19)29-17(2)3/h5-10,15,17H,4,11-14,16H2,1-3H3. The number of anilines is 1. The maximum absolute atomic E-state index is 12.8. The van der Waals surface area contributed by atoms with Crippen LogP contribution in [0, 0.1) is 0 Å². The molecule has 0 bridgehead atoms. The van der Waals surface area contributed by atoms with E-state index < -0.39 is 0 Å². The third-order valence-corrected chi connectivity index (χ3v) is 7.50. The van der Waals surface area contributed by atoms with Gasteiger partial charge < -0.3 is 9.80 Å². The second-order valence-electron chi connectivity index (χ2n) is 8.01. The van der Waals surface area contributed by atoms with Crippen molar-refractivity contribution in [1.82, 2.24) is 9.88 Å². The van der Waals surface area contributed by atoms with Crippen molar-refractivity contribution in [3.05, 3.63) is 53.6 Å². The molecule has 0 N–H and O–H groups in total. The number of aryl methyl sites for hydroxylation is 1. The minimum Gasteiger partial charge on any atom is -0.345 e. The molecule has 3 aromatic rings. The highest BCUT2D eigenvalue weighted by Crippen LogP contribution is 2.30. The van der Waals surface area contributed by atoms with Crippen LogP contribution in [0.3, 0.4) is 0 Å². The van der Waals surface area contributed by atoms with Gasteiger partial charge in [-0.15, -0.1) is 11.8 Å². The van der Waals surface area contributed by atoms with E-state index in [1.165, 1.54) is 15.2 Å². The summed E-state index contributed by atoms with van der Waals surface area (Å²) >= 11 is 3.61. The van der Waals surface area contributed by atoms with E-state index in [2.05, 4.69) is 68.1 Å². The second-order valence-corrected chi connectivity index (χ2v) is 10.7. The monoisotopic (exact) mass is 439 g/mol. The third-order valence-electron chi connectivity index (χ3n) is 5.40. The van der Waals surface area contributed by atoms with E-state index in [-0.39, 0.29) is 5.91 Å². The van der Waals surface area contributed by atoms with Gasteiger partial charge in [-0.25, -0.2) is 4.98 Å². The SMILES string of the molecule is CCc1ccc2nc(N3CCN(C(=O)Cc4ccc(SC(C)C)cc4)CC3)sc2c1. The van der Waals surface area contributed by atoms with Crippen molar-refractivity contribution in [2.75, 3.05) is 31.1 Å². The molecule has 1 aliphatic heterocycles. The van der Waals surface area contributed by atoms with Crippen molar-refractivity contribution in [2.24, 2.45) is 0 Å². The Hall–Kier alpha value is -2.05. The lowest BCUT2D eigenvalue weighted by Crippen LogP contribution is -2.49. The van der Waals surface area contributed by atoms with Crippen LogP contribution >= 0.6 is 23.1 Å². The quantitative estimate of drug-likeness (QED) is 0.492. The average molecular weight is 440 g/mol. The highest BCUT2D eigenvalue weighted by Gasteiger charge is 2.23. The zero-order valence-corrected chi connectivity index (χ0v) is 19.6. The van der Waals surface area contributed by atoms with Gasteiger partial charge in [-0.1, -0.05) is 50.3 Å². The molecule has 0 aliphatic carbocycles. The predicted octanol–water partition coefficient (Wildman–Crippen LogP) is 5.25. The van der Waals surface area contributed by atoms with Crippen LogP contribution in [-0.2, 0) is 17.6 Å². The van der Waals surface area contributed by atoms with Crippen LogP contribution in [0.1, 0.15) is 31.9 Å². The predicted molar refractivity (Wildman–Crippen MR) is 129 cm³/mol. The molecule has 30 heavy (non-hydrogen) atoms. The van der Waals surface area contributed by atoms with Crippen molar-refractivity contribution in [2.45, 2.75) is 43.8 Å². The topological polar surface area (TPSA) is 36.4 Å². The summed E-state index contributed by atoms with van der Waals surface area (Å²) in [6, 6.07) is 15.0. The minimum absolute atomic E-state index is 0.218. The number of thiazole rings is 1. The molecular formula is C24H29N3OS2. The van der Waals surface area contributed by atoms with E-state index >= 15 is 0 Å². The zero-order valence-electron chi connectivity index (χ0n) is 17.9. The molecule has 6 heteroatoms. The number of carbonyl (C=O) groups is 1. The summed E-state index contributed by atoms with van der Waals surface area (Å²) in [5, 5.41) is 1.64. The van der Waals surface area contributed by atoms with E-state index in [1.807, 2.05) is 16.7 Å². The van der Waals surface area contributed by atoms with Gasteiger partial charge in [-0.2, -0.15) is 0 Å². The van der Waals surface area contributed by atoms with Gasteiger partial charge in [0, 0.05) is 36.3 Å². The van der Waals surface area contributed by atoms with Crippen LogP contribution in [0.25, 0.3) is 10.2 Å². The van der Waals surface area contributed by atoms with Gasteiger partial charge in [-0.05, 0) is 41.8 Å². The zero-order chi connectivity index (χ0) is 21.1. The molecule has 1 fully saturated rings. The first-order valence-electron chi connectivity index (χ1n) is 10.7. The van der Waals surface area contributed by atoms with Gasteiger partial charge in [0.05, 0.1) is 16.6 Å². The lowest BCUT2D eigenvalue weighted by molar-refractivity contribution is -0.130. The second kappa shape index (κ2) is 9.40. The number of amides is 1. The number of nitrogens with zero attached hydrogens (tertiary/aromatic N) is 3. The highest BCUT2D eigenvalue weighted by molar-refractivity contribution is 7.99. The molecule has 0 atom stereocenters. The highest BCUT2D eigenvalue weighted by atomic mass is 32.2. The van der Waals surface area contributed by atoms with Gasteiger partial charge >= 0.3 is 0 Å². The Labute approximate surface area is 187 Å². The average Bonchev–Trinajstić information content (AvgIpc) is 3.18. The van der Waals surface area contributed by atoms with Gasteiger partial charge in [0.25, 0.3) is 0 Å². The molecule has 0 radical (unpaired) electrons. The van der Waals surface area contributed by atoms with E-state index in [1.54, 1.807) is 11.3 Å². The van der Waals surface area contributed by atoms with Gasteiger partial charge in [-0.3, -0.25) is 4.79 Å². The molecule has 4 rings (SSSR count). The Morgan fingerprint density at radius 1 is 1.07 bits per heavy atom. The molecule has 2 aromatic carbocycles. The molecular weight excluding hydrogens is 410 g/mol. The minimum atomic E-state index is 0.218. The first-order valence-corrected chi connectivity index (χ1v) is 12.4. The number of piperazine rings is 1. The number of aromatic nitrogens is 1. The molecule has 0 spiro atoms. The van der Waals surface area contributed by atoms with Crippen LogP contribution in [0.15, 0.2) is 47.4 Å². The van der Waals surface area contributed by atoms with Crippen molar-refractivity contribution in [3.63, 3.8) is 0 Å². The molecule has 2 heterocycles. The Morgan fingerprint density at radius 3 is 2.43 bits per heavy atom. The lowest BCUT2D eigenvalue weighted by Gasteiger charge is -2.34. The Bertz CT molecular complexity index is 1000. The van der Waals surface area contributed by atoms with Crippen molar-refractivity contribution in [3.8, 4) is 0 Å². The first kappa shape index (κ1) is 21.2. The Morgan fingerprint density at radius 2 is 1.77 bits per heavy atom. The van der Waals surface area contributed by atoms with Crippen molar-refractivity contribution >= 4 is 44.4 Å². The summed E-state index contributed by atoms with van der Waals surface area (Å²) in [5.41, 5.74) is 3.52. The van der Waals surface area contributed by atoms with E-state index in [4.69, 9.17) is 4.98 Å². The number of benzene rings is 2. The van der Waals surface area contributed by atoms with Crippen molar-refractivity contribution in [1.29, 1.82) is 0 Å². The molecule has 1 amide bonds. The number of rotatable bonds is 6. The number of hydrogen-bond acceptors (Lipinski definition) is 5. The number of hydrogen-bond donors (Lipinski definition) is 0. The maximum atomic E-state index is 12.8. The van der Waals surface area contributed by atoms with Crippen LogP contribution in [-0.4, -0.2) is 47.2 Å². The summed E-state index contributed by atoms with van der Waals surface area (Å²) in [5.74, 6) is 0.218. The molecule has 1 aliphatic rings. The molecule has 1 saturated heterocycles. The number of carbonyl (C=O) groups excluding carboxylic acids is 1. The molecule has 0 unspecified atom stereocenters. The maximum Gasteiger partial charge on any atom is 0.227 e. The fraction of sp³-hybridized carbons (Fsp3) is 0.417. The Kier molecular flexibility index (Phi) is 6.64. The molecule has 158 valence electrons. The third kappa shape index (κ3) is 4.98. The normalized spacial score (nSPS) is 14.7. The summed E-state index contributed by atoms with van der Waals surface area (Å²) in [6.45, 7) is 9.77. The van der Waals surface area contributed by atoms with Crippen molar-refractivity contribution < 1.29 is 4.79 Å². The van der Waals surface area contributed by atoms with Gasteiger partial charge in [0.15, 0.2) is 5.13 Å². The first-order chi connectivity index (χ1) is 14.5. The smallest absolute Gasteiger partial charge is 0.227 e. The summed E-state index contributed by atoms with van der Waals surface area (Å²) in [7, 11) is 0. The Balaban J connectivity index is 1.33. The van der Waals surface area contributed by atoms with Crippen LogP contribution in [0.5, 0.6) is 0 Å².